The summed E-state index contributed by atoms with van der Waals surface area (Å²) in [6.45, 7) is 6.19. The van der Waals surface area contributed by atoms with Crippen LogP contribution in [-0.4, -0.2) is 18.3 Å². The predicted octanol–water partition coefficient (Wildman–Crippen LogP) is 3.01. The summed E-state index contributed by atoms with van der Waals surface area (Å²) in [5.41, 5.74) is 0.00842. The Hall–Kier alpha value is 0.1000. The van der Waals surface area contributed by atoms with Gasteiger partial charge in [0.25, 0.3) is 0 Å². The number of rotatable bonds is 6. The summed E-state index contributed by atoms with van der Waals surface area (Å²) in [5.74, 6) is 0. The Labute approximate surface area is 104 Å². The van der Waals surface area contributed by atoms with E-state index in [1.807, 2.05) is 0 Å². The molecule has 1 heterocycles. The lowest BCUT2D eigenvalue weighted by Crippen LogP contribution is -2.33. The van der Waals surface area contributed by atoms with Crippen LogP contribution in [0.25, 0.3) is 0 Å². The van der Waals surface area contributed by atoms with Gasteiger partial charge in [0.2, 0.25) is 0 Å². The SMILES string of the molecule is CCC(C)(CO)CNCc1cc(Br)cs1. The summed E-state index contributed by atoms with van der Waals surface area (Å²) in [6.07, 6.45) is 0.991. The molecular weight excluding hydrogens is 274 g/mol. The maximum atomic E-state index is 9.24. The van der Waals surface area contributed by atoms with Gasteiger partial charge >= 0.3 is 0 Å². The van der Waals surface area contributed by atoms with E-state index in [9.17, 15) is 5.11 Å². The maximum Gasteiger partial charge on any atom is 0.0496 e. The molecule has 4 heteroatoms. The normalized spacial score (nSPS) is 15.2. The van der Waals surface area contributed by atoms with Crippen molar-refractivity contribution in [1.82, 2.24) is 5.32 Å². The van der Waals surface area contributed by atoms with Crippen LogP contribution in [0, 0.1) is 5.41 Å². The molecule has 0 aliphatic carbocycles. The number of thiophene rings is 1. The lowest BCUT2D eigenvalue weighted by Gasteiger charge is -2.25. The molecule has 0 aliphatic heterocycles. The summed E-state index contributed by atoms with van der Waals surface area (Å²) in [7, 11) is 0. The molecule has 2 N–H and O–H groups in total. The molecule has 0 bridgehead atoms. The van der Waals surface area contributed by atoms with Gasteiger partial charge in [-0.05, 0) is 28.4 Å². The Morgan fingerprint density at radius 2 is 2.33 bits per heavy atom. The zero-order chi connectivity index (χ0) is 11.3. The summed E-state index contributed by atoms with van der Waals surface area (Å²) < 4.78 is 1.14. The highest BCUT2D eigenvalue weighted by atomic mass is 79.9. The molecule has 0 saturated heterocycles. The third-order valence-corrected chi connectivity index (χ3v) is 4.41. The van der Waals surface area contributed by atoms with Crippen molar-refractivity contribution in [2.45, 2.75) is 26.8 Å². The fraction of sp³-hybridized carbons (Fsp3) is 0.636. The Morgan fingerprint density at radius 1 is 1.60 bits per heavy atom. The van der Waals surface area contributed by atoms with Crippen LogP contribution in [0.4, 0.5) is 0 Å². The quantitative estimate of drug-likeness (QED) is 0.844. The van der Waals surface area contributed by atoms with Crippen LogP contribution in [0.3, 0.4) is 0 Å². The van der Waals surface area contributed by atoms with Crippen molar-refractivity contribution in [2.75, 3.05) is 13.2 Å². The molecule has 15 heavy (non-hydrogen) atoms. The lowest BCUT2D eigenvalue weighted by molar-refractivity contribution is 0.135. The maximum absolute atomic E-state index is 9.24. The largest absolute Gasteiger partial charge is 0.396 e. The number of hydrogen-bond donors (Lipinski definition) is 2. The van der Waals surface area contributed by atoms with Gasteiger partial charge in [-0.1, -0.05) is 13.8 Å². The van der Waals surface area contributed by atoms with E-state index in [1.165, 1.54) is 4.88 Å². The van der Waals surface area contributed by atoms with Gasteiger partial charge in [0.1, 0.15) is 0 Å². The first-order valence-corrected chi connectivity index (χ1v) is 6.81. The topological polar surface area (TPSA) is 32.3 Å². The Balaban J connectivity index is 2.32. The summed E-state index contributed by atoms with van der Waals surface area (Å²) >= 11 is 5.18. The first-order valence-electron chi connectivity index (χ1n) is 5.14. The van der Waals surface area contributed by atoms with Crippen LogP contribution in [0.15, 0.2) is 15.9 Å². The molecule has 1 aromatic heterocycles. The van der Waals surface area contributed by atoms with Crippen LogP contribution >= 0.6 is 27.3 Å². The van der Waals surface area contributed by atoms with Crippen molar-refractivity contribution >= 4 is 27.3 Å². The number of halogens is 1. The summed E-state index contributed by atoms with van der Waals surface area (Å²) in [5, 5.41) is 14.7. The summed E-state index contributed by atoms with van der Waals surface area (Å²) in [4.78, 5) is 1.32. The highest BCUT2D eigenvalue weighted by Crippen LogP contribution is 2.21. The van der Waals surface area contributed by atoms with Crippen molar-refractivity contribution < 1.29 is 5.11 Å². The number of nitrogens with one attached hydrogen (secondary N) is 1. The standard InChI is InChI=1S/C11H18BrNOS/c1-3-11(2,8-14)7-13-5-10-4-9(12)6-15-10/h4,6,13-14H,3,5,7-8H2,1-2H3. The predicted molar refractivity (Wildman–Crippen MR) is 69.2 cm³/mol. The second-order valence-corrected chi connectivity index (χ2v) is 6.07. The van der Waals surface area contributed by atoms with Gasteiger partial charge in [-0.2, -0.15) is 0 Å². The monoisotopic (exact) mass is 291 g/mol. The van der Waals surface area contributed by atoms with Gasteiger partial charge in [-0.15, -0.1) is 11.3 Å². The van der Waals surface area contributed by atoms with Gasteiger partial charge < -0.3 is 10.4 Å². The van der Waals surface area contributed by atoms with Crippen LogP contribution in [0.2, 0.25) is 0 Å². The van der Waals surface area contributed by atoms with E-state index in [2.05, 4.69) is 46.5 Å². The number of aliphatic hydroxyl groups is 1. The van der Waals surface area contributed by atoms with Gasteiger partial charge in [0, 0.05) is 39.8 Å². The van der Waals surface area contributed by atoms with Crippen molar-refractivity contribution in [3.63, 3.8) is 0 Å². The van der Waals surface area contributed by atoms with Crippen molar-refractivity contribution in [2.24, 2.45) is 5.41 Å². The van der Waals surface area contributed by atoms with E-state index in [0.717, 1.165) is 24.0 Å². The molecular formula is C11H18BrNOS. The Kier molecular flexibility index (Phi) is 5.26. The number of aliphatic hydroxyl groups excluding tert-OH is 1. The molecule has 86 valence electrons. The van der Waals surface area contributed by atoms with Crippen LogP contribution in [0.5, 0.6) is 0 Å². The van der Waals surface area contributed by atoms with E-state index in [-0.39, 0.29) is 12.0 Å². The highest BCUT2D eigenvalue weighted by molar-refractivity contribution is 9.10. The molecule has 0 fully saturated rings. The molecule has 0 aromatic carbocycles. The average molecular weight is 292 g/mol. The van der Waals surface area contributed by atoms with Gasteiger partial charge in [-0.25, -0.2) is 0 Å². The van der Waals surface area contributed by atoms with Crippen molar-refractivity contribution in [3.8, 4) is 0 Å². The minimum atomic E-state index is 0.00842. The second kappa shape index (κ2) is 5.99. The van der Waals surface area contributed by atoms with E-state index in [4.69, 9.17) is 0 Å². The molecule has 0 saturated carbocycles. The molecule has 1 rings (SSSR count). The zero-order valence-electron chi connectivity index (χ0n) is 9.22. The first kappa shape index (κ1) is 13.2. The Morgan fingerprint density at radius 3 is 2.80 bits per heavy atom. The van der Waals surface area contributed by atoms with Gasteiger partial charge in [0.05, 0.1) is 0 Å². The molecule has 0 amide bonds. The molecule has 1 unspecified atom stereocenters. The molecule has 0 aliphatic rings. The van der Waals surface area contributed by atoms with Crippen molar-refractivity contribution in [1.29, 1.82) is 0 Å². The highest BCUT2D eigenvalue weighted by Gasteiger charge is 2.20. The molecule has 1 atom stereocenters. The van der Waals surface area contributed by atoms with E-state index < -0.39 is 0 Å². The van der Waals surface area contributed by atoms with Gasteiger partial charge in [0.15, 0.2) is 0 Å². The third kappa shape index (κ3) is 4.23. The second-order valence-electron chi connectivity index (χ2n) is 4.16. The minimum absolute atomic E-state index is 0.00842. The fourth-order valence-corrected chi connectivity index (χ4v) is 2.65. The average Bonchev–Trinajstić information content (AvgIpc) is 2.64. The smallest absolute Gasteiger partial charge is 0.0496 e. The summed E-state index contributed by atoms with van der Waals surface area (Å²) in [6, 6.07) is 2.12. The molecule has 1 aromatic rings. The van der Waals surface area contributed by atoms with Gasteiger partial charge in [-0.3, -0.25) is 0 Å². The molecule has 0 radical (unpaired) electrons. The fourth-order valence-electron chi connectivity index (χ4n) is 1.23. The number of hydrogen-bond acceptors (Lipinski definition) is 3. The minimum Gasteiger partial charge on any atom is -0.396 e. The van der Waals surface area contributed by atoms with Crippen molar-refractivity contribution in [3.05, 3.63) is 20.8 Å². The first-order chi connectivity index (χ1) is 7.09. The van der Waals surface area contributed by atoms with E-state index in [1.54, 1.807) is 11.3 Å². The lowest BCUT2D eigenvalue weighted by atomic mass is 9.89. The van der Waals surface area contributed by atoms with Crippen LogP contribution in [0.1, 0.15) is 25.1 Å². The zero-order valence-corrected chi connectivity index (χ0v) is 11.6. The third-order valence-electron chi connectivity index (χ3n) is 2.71. The van der Waals surface area contributed by atoms with E-state index in [0.29, 0.717) is 0 Å². The molecule has 0 spiro atoms. The van der Waals surface area contributed by atoms with E-state index >= 15 is 0 Å². The van der Waals surface area contributed by atoms with Crippen LogP contribution in [-0.2, 0) is 6.54 Å². The van der Waals surface area contributed by atoms with Crippen LogP contribution < -0.4 is 5.32 Å². The Bertz CT molecular complexity index is 297. The molecule has 2 nitrogen and oxygen atoms in total.